The molecular weight excluding hydrogens is 444 g/mol. The first kappa shape index (κ1) is 22.1. The van der Waals surface area contributed by atoms with E-state index in [1.807, 2.05) is 36.4 Å². The van der Waals surface area contributed by atoms with Gasteiger partial charge in [-0.1, -0.05) is 36.4 Å². The molecule has 1 fully saturated rings. The van der Waals surface area contributed by atoms with Gasteiger partial charge >= 0.3 is 6.09 Å². The van der Waals surface area contributed by atoms with Crippen molar-refractivity contribution in [2.75, 3.05) is 24.6 Å². The molecule has 2 aliphatic rings. The Labute approximate surface area is 194 Å². The van der Waals surface area contributed by atoms with E-state index < -0.39 is 23.8 Å². The van der Waals surface area contributed by atoms with Gasteiger partial charge in [0.25, 0.3) is 5.88 Å². The van der Waals surface area contributed by atoms with Crippen molar-refractivity contribution >= 4 is 17.4 Å². The summed E-state index contributed by atoms with van der Waals surface area (Å²) >= 11 is 0. The fourth-order valence-corrected chi connectivity index (χ4v) is 4.28. The molecule has 176 valence electrons. The van der Waals surface area contributed by atoms with Crippen molar-refractivity contribution < 1.29 is 27.6 Å². The zero-order chi connectivity index (χ0) is 23.5. The van der Waals surface area contributed by atoms with Gasteiger partial charge in [0.2, 0.25) is 0 Å². The Morgan fingerprint density at radius 3 is 2.68 bits per heavy atom. The monoisotopic (exact) mass is 467 g/mol. The van der Waals surface area contributed by atoms with Gasteiger partial charge in [-0.25, -0.2) is 13.6 Å². The number of cyclic esters (lactones) is 1. The minimum absolute atomic E-state index is 0.0244. The van der Waals surface area contributed by atoms with Crippen molar-refractivity contribution in [1.29, 1.82) is 0 Å². The summed E-state index contributed by atoms with van der Waals surface area (Å²) in [7, 11) is 0. The maximum absolute atomic E-state index is 15.1. The van der Waals surface area contributed by atoms with Crippen LogP contribution in [0.3, 0.4) is 0 Å². The number of aromatic nitrogens is 1. The summed E-state index contributed by atoms with van der Waals surface area (Å²) in [5.41, 5.74) is 1.80. The number of anilines is 1. The molecule has 2 aliphatic heterocycles. The van der Waals surface area contributed by atoms with Crippen molar-refractivity contribution in [2.45, 2.75) is 25.0 Å². The molecule has 1 aromatic heterocycles. The molecule has 0 bridgehead atoms. The number of amides is 1. The van der Waals surface area contributed by atoms with Gasteiger partial charge in [-0.2, -0.15) is 0 Å². The average molecular weight is 467 g/mol. The number of ether oxygens (including phenoxy) is 2. The van der Waals surface area contributed by atoms with Crippen LogP contribution in [0.25, 0.3) is 5.57 Å². The molecule has 0 spiro atoms. The Morgan fingerprint density at radius 1 is 1.15 bits per heavy atom. The van der Waals surface area contributed by atoms with Crippen LogP contribution in [-0.4, -0.2) is 43.1 Å². The van der Waals surface area contributed by atoms with Crippen molar-refractivity contribution in [3.8, 4) is 5.88 Å². The Bertz CT molecular complexity index is 1160. The molecule has 0 saturated carbocycles. The first-order chi connectivity index (χ1) is 16.6. The van der Waals surface area contributed by atoms with Gasteiger partial charge in [-0.15, -0.1) is 0 Å². The van der Waals surface area contributed by atoms with Crippen LogP contribution in [0.2, 0.25) is 0 Å². The molecule has 2 aromatic carbocycles. The summed E-state index contributed by atoms with van der Waals surface area (Å²) in [4.78, 5) is 13.5. The number of nitrogens with zero attached hydrogens (tertiary/aromatic N) is 2. The van der Waals surface area contributed by atoms with E-state index in [0.717, 1.165) is 12.0 Å². The third-order valence-electron chi connectivity index (χ3n) is 5.87. The fraction of sp³-hybridized carbons (Fsp3) is 0.280. The maximum Gasteiger partial charge on any atom is 0.414 e. The zero-order valence-corrected chi connectivity index (χ0v) is 18.2. The van der Waals surface area contributed by atoms with Crippen LogP contribution in [0.1, 0.15) is 17.5 Å². The van der Waals surface area contributed by atoms with Crippen LogP contribution in [-0.2, 0) is 11.2 Å². The fourth-order valence-electron chi connectivity index (χ4n) is 4.28. The molecule has 0 aliphatic carbocycles. The highest BCUT2D eigenvalue weighted by molar-refractivity contribution is 5.90. The zero-order valence-electron chi connectivity index (χ0n) is 18.2. The van der Waals surface area contributed by atoms with Crippen molar-refractivity contribution in [2.24, 2.45) is 0 Å². The lowest BCUT2D eigenvalue weighted by molar-refractivity contribution is 0.102. The number of hydrogen-bond donors (Lipinski definition) is 1. The van der Waals surface area contributed by atoms with Crippen LogP contribution in [0.4, 0.5) is 19.3 Å². The standard InChI is InChI=1S/C25H23F2N3O4/c26-21-12-19(30-14-20(34-25(30)31)15-32-23-7-9-33-29-23)13-22(27)24(21)17-6-8-28-18(11-17)10-16-4-2-1-3-5-16/h1-5,7,9,11-13,18,20,28H,6,8,10,14-15H2/t18?,20-/m1/s1. The normalized spacial score (nSPS) is 20.2. The molecule has 0 radical (unpaired) electrons. The highest BCUT2D eigenvalue weighted by Crippen LogP contribution is 2.32. The summed E-state index contributed by atoms with van der Waals surface area (Å²) in [5, 5.41) is 7.00. The Hall–Kier alpha value is -3.72. The molecule has 34 heavy (non-hydrogen) atoms. The van der Waals surface area contributed by atoms with Crippen LogP contribution < -0.4 is 15.0 Å². The van der Waals surface area contributed by atoms with E-state index in [4.69, 9.17) is 9.47 Å². The second-order valence-electron chi connectivity index (χ2n) is 8.24. The van der Waals surface area contributed by atoms with E-state index in [1.165, 1.54) is 29.4 Å². The molecule has 2 atom stereocenters. The van der Waals surface area contributed by atoms with Gasteiger partial charge in [0.1, 0.15) is 24.5 Å². The van der Waals surface area contributed by atoms with E-state index in [0.29, 0.717) is 18.5 Å². The summed E-state index contributed by atoms with van der Waals surface area (Å²) in [6.45, 7) is 0.761. The van der Waals surface area contributed by atoms with Gasteiger partial charge in [-0.05, 0) is 47.8 Å². The van der Waals surface area contributed by atoms with Crippen LogP contribution in [0, 0.1) is 11.6 Å². The molecule has 3 aromatic rings. The number of carbonyl (C=O) groups excluding carboxylic acids is 1. The van der Waals surface area contributed by atoms with Crippen LogP contribution in [0.5, 0.6) is 5.88 Å². The highest BCUT2D eigenvalue weighted by Gasteiger charge is 2.34. The van der Waals surface area contributed by atoms with Gasteiger partial charge in [0, 0.05) is 17.7 Å². The maximum atomic E-state index is 15.1. The van der Waals surface area contributed by atoms with E-state index >= 15 is 8.78 Å². The SMILES string of the molecule is O=C1O[C@@H](COc2ccon2)CN1c1cc(F)c(C2=CC(Cc3ccccc3)NCC2)c(F)c1. The van der Waals surface area contributed by atoms with Crippen molar-refractivity contribution in [3.05, 3.63) is 83.6 Å². The molecule has 5 rings (SSSR count). The molecule has 9 heteroatoms. The number of benzene rings is 2. The summed E-state index contributed by atoms with van der Waals surface area (Å²) < 4.78 is 45.6. The van der Waals surface area contributed by atoms with Crippen molar-refractivity contribution in [1.82, 2.24) is 10.5 Å². The van der Waals surface area contributed by atoms with Gasteiger partial charge in [-0.3, -0.25) is 4.90 Å². The van der Waals surface area contributed by atoms with E-state index in [-0.39, 0.29) is 36.3 Å². The lowest BCUT2D eigenvalue weighted by atomic mass is 9.93. The number of halogens is 2. The number of carbonyl (C=O) groups is 1. The molecule has 1 N–H and O–H groups in total. The minimum atomic E-state index is -0.711. The molecule has 1 saturated heterocycles. The number of nitrogens with one attached hydrogen (secondary N) is 1. The predicted octanol–water partition coefficient (Wildman–Crippen LogP) is 4.35. The summed E-state index contributed by atoms with van der Waals surface area (Å²) in [6, 6.07) is 13.8. The average Bonchev–Trinajstić information content (AvgIpc) is 3.48. The smallest absolute Gasteiger partial charge is 0.414 e. The Kier molecular flexibility index (Phi) is 6.27. The first-order valence-corrected chi connectivity index (χ1v) is 11.1. The van der Waals surface area contributed by atoms with Crippen LogP contribution in [0.15, 0.2) is 65.4 Å². The van der Waals surface area contributed by atoms with E-state index in [2.05, 4.69) is 15.0 Å². The lowest BCUT2D eigenvalue weighted by Gasteiger charge is -2.24. The largest absolute Gasteiger partial charge is 0.471 e. The molecule has 3 heterocycles. The van der Waals surface area contributed by atoms with Crippen LogP contribution >= 0.6 is 0 Å². The Morgan fingerprint density at radius 2 is 1.94 bits per heavy atom. The van der Waals surface area contributed by atoms with Gasteiger partial charge in [0.05, 0.1) is 12.2 Å². The number of hydrogen-bond acceptors (Lipinski definition) is 6. The predicted molar refractivity (Wildman–Crippen MR) is 121 cm³/mol. The van der Waals surface area contributed by atoms with E-state index in [9.17, 15) is 4.79 Å². The number of rotatable bonds is 7. The lowest BCUT2D eigenvalue weighted by Crippen LogP contribution is -2.34. The first-order valence-electron chi connectivity index (χ1n) is 11.1. The minimum Gasteiger partial charge on any atom is -0.471 e. The Balaban J connectivity index is 1.31. The summed E-state index contributed by atoms with van der Waals surface area (Å²) in [5.74, 6) is -1.16. The quantitative estimate of drug-likeness (QED) is 0.557. The summed E-state index contributed by atoms with van der Waals surface area (Å²) in [6.07, 6.45) is 3.18. The molecule has 7 nitrogen and oxygen atoms in total. The van der Waals surface area contributed by atoms with Gasteiger partial charge < -0.3 is 19.3 Å². The highest BCUT2D eigenvalue weighted by atomic mass is 19.1. The molecular formula is C25H23F2N3O4. The topological polar surface area (TPSA) is 76.8 Å². The molecule has 1 amide bonds. The van der Waals surface area contributed by atoms with Crippen molar-refractivity contribution in [3.63, 3.8) is 0 Å². The molecule has 1 unspecified atom stereocenters. The second kappa shape index (κ2) is 9.64. The third-order valence-corrected chi connectivity index (χ3v) is 5.87. The second-order valence-corrected chi connectivity index (χ2v) is 8.24. The third kappa shape index (κ3) is 4.79. The van der Waals surface area contributed by atoms with Gasteiger partial charge in [0.15, 0.2) is 6.10 Å². The van der Waals surface area contributed by atoms with E-state index in [1.54, 1.807) is 0 Å².